The summed E-state index contributed by atoms with van der Waals surface area (Å²) in [6, 6.07) is 24.5. The van der Waals surface area contributed by atoms with Crippen molar-refractivity contribution in [3.63, 3.8) is 0 Å². The van der Waals surface area contributed by atoms with E-state index in [0.29, 0.717) is 11.5 Å². The molecule has 0 aliphatic rings. The molecule has 0 bridgehead atoms. The van der Waals surface area contributed by atoms with Gasteiger partial charge in [0.1, 0.15) is 17.3 Å². The third kappa shape index (κ3) is 5.42. The zero-order chi connectivity index (χ0) is 22.3. The molecule has 1 heterocycles. The number of rotatable bonds is 6. The lowest BCUT2D eigenvalue weighted by atomic mass is 10.0. The van der Waals surface area contributed by atoms with Crippen LogP contribution in [0.4, 0.5) is 14.5 Å². The van der Waals surface area contributed by atoms with Gasteiger partial charge in [-0.3, -0.25) is 0 Å². The summed E-state index contributed by atoms with van der Waals surface area (Å²) in [5, 5.41) is 2.06. The van der Waals surface area contributed by atoms with Crippen LogP contribution in [0, 0.1) is 11.6 Å². The second kappa shape index (κ2) is 9.94. The Morgan fingerprint density at radius 3 is 1.88 bits per heavy atom. The number of hydrogen-bond acceptors (Lipinski definition) is 0. The van der Waals surface area contributed by atoms with E-state index in [4.69, 9.17) is 4.42 Å². The van der Waals surface area contributed by atoms with E-state index >= 15 is 0 Å². The SMILES string of the molecule is C[NH2+]c1ccc(/C=C/C=C/c2cc(-c3ccc(F)cc3)cc(-c3ccc(F)cc3)[o+]2)cc1. The van der Waals surface area contributed by atoms with Crippen LogP contribution in [0.2, 0.25) is 0 Å². The third-order valence-corrected chi connectivity index (χ3v) is 5.05. The van der Waals surface area contributed by atoms with Gasteiger partial charge in [0.2, 0.25) is 0 Å². The summed E-state index contributed by atoms with van der Waals surface area (Å²) in [6.45, 7) is 0. The molecule has 2 nitrogen and oxygen atoms in total. The first kappa shape index (κ1) is 21.3. The number of halogens is 2. The number of benzene rings is 3. The van der Waals surface area contributed by atoms with Crippen molar-refractivity contribution in [3.8, 4) is 22.5 Å². The van der Waals surface area contributed by atoms with E-state index in [1.54, 1.807) is 24.3 Å². The Bertz CT molecular complexity index is 1180. The standard InChI is InChI=1S/C28H22F2NO/c1-31-26-16-6-20(7-17-26)4-2-3-5-27-18-23(21-8-12-24(29)13-9-21)19-28(32-27)22-10-14-25(30)15-11-22/h2-19,31H,1H3/q+1/p+1/b4-2+,5-3+. The van der Waals surface area contributed by atoms with Crippen molar-refractivity contribution < 1.29 is 18.5 Å². The van der Waals surface area contributed by atoms with Crippen LogP contribution in [-0.2, 0) is 0 Å². The average Bonchev–Trinajstić information content (AvgIpc) is 2.83. The molecule has 0 spiro atoms. The van der Waals surface area contributed by atoms with Crippen molar-refractivity contribution in [2.45, 2.75) is 0 Å². The van der Waals surface area contributed by atoms with E-state index in [2.05, 4.69) is 29.6 Å². The summed E-state index contributed by atoms with van der Waals surface area (Å²) in [6.07, 6.45) is 7.73. The van der Waals surface area contributed by atoms with Crippen molar-refractivity contribution >= 4 is 17.8 Å². The van der Waals surface area contributed by atoms with Crippen LogP contribution in [0.15, 0.2) is 101 Å². The molecular weight excluding hydrogens is 404 g/mol. The summed E-state index contributed by atoms with van der Waals surface area (Å²) in [5.41, 5.74) is 4.79. The lowest BCUT2D eigenvalue weighted by Crippen LogP contribution is -2.72. The molecule has 0 saturated carbocycles. The van der Waals surface area contributed by atoms with E-state index in [0.717, 1.165) is 22.3 Å². The Labute approximate surface area is 186 Å². The Hall–Kier alpha value is -3.89. The maximum absolute atomic E-state index is 13.4. The molecule has 0 fully saturated rings. The lowest BCUT2D eigenvalue weighted by molar-refractivity contribution is -0.539. The number of quaternary nitrogens is 1. The van der Waals surface area contributed by atoms with E-state index < -0.39 is 0 Å². The van der Waals surface area contributed by atoms with E-state index in [1.807, 2.05) is 43.5 Å². The maximum Gasteiger partial charge on any atom is 0.361 e. The lowest BCUT2D eigenvalue weighted by Gasteiger charge is -2.01. The number of hydrogen-bond donors (Lipinski definition) is 1. The highest BCUT2D eigenvalue weighted by Gasteiger charge is 2.17. The van der Waals surface area contributed by atoms with Gasteiger partial charge in [-0.1, -0.05) is 30.4 Å². The van der Waals surface area contributed by atoms with E-state index in [9.17, 15) is 8.78 Å². The van der Waals surface area contributed by atoms with Gasteiger partial charge in [0.05, 0.1) is 24.7 Å². The fourth-order valence-corrected chi connectivity index (χ4v) is 3.29. The fraction of sp³-hybridized carbons (Fsp3) is 0.0357. The second-order valence-corrected chi connectivity index (χ2v) is 7.30. The predicted octanol–water partition coefficient (Wildman–Crippen LogP) is 6.72. The molecule has 4 rings (SSSR count). The normalized spacial score (nSPS) is 11.5. The molecule has 3 aromatic carbocycles. The summed E-state index contributed by atoms with van der Waals surface area (Å²) in [7, 11) is 2.01. The van der Waals surface area contributed by atoms with Crippen molar-refractivity contribution in [2.24, 2.45) is 0 Å². The monoisotopic (exact) mass is 427 g/mol. The molecule has 0 aliphatic carbocycles. The maximum atomic E-state index is 13.4. The first-order valence-corrected chi connectivity index (χ1v) is 10.3. The molecule has 0 saturated heterocycles. The smallest absolute Gasteiger partial charge is 0.316 e. The van der Waals surface area contributed by atoms with Crippen LogP contribution >= 0.6 is 0 Å². The second-order valence-electron chi connectivity index (χ2n) is 7.30. The molecular formula is C28H23F2NO+2. The van der Waals surface area contributed by atoms with E-state index in [-0.39, 0.29) is 11.6 Å². The van der Waals surface area contributed by atoms with Gasteiger partial charge in [-0.15, -0.1) is 0 Å². The minimum atomic E-state index is -0.307. The summed E-state index contributed by atoms with van der Waals surface area (Å²) < 4.78 is 32.8. The fourth-order valence-electron chi connectivity index (χ4n) is 3.29. The quantitative estimate of drug-likeness (QED) is 0.206. The molecule has 158 valence electrons. The average molecular weight is 427 g/mol. The molecule has 0 atom stereocenters. The van der Waals surface area contributed by atoms with Crippen LogP contribution in [0.1, 0.15) is 11.3 Å². The van der Waals surface area contributed by atoms with Crippen LogP contribution in [0.3, 0.4) is 0 Å². The molecule has 0 radical (unpaired) electrons. The van der Waals surface area contributed by atoms with Gasteiger partial charge in [-0.25, -0.2) is 13.2 Å². The van der Waals surface area contributed by atoms with Gasteiger partial charge >= 0.3 is 11.5 Å². The topological polar surface area (TPSA) is 27.9 Å². The highest BCUT2D eigenvalue weighted by atomic mass is 19.1. The molecule has 32 heavy (non-hydrogen) atoms. The van der Waals surface area contributed by atoms with Crippen LogP contribution in [-0.4, -0.2) is 7.05 Å². The van der Waals surface area contributed by atoms with Gasteiger partial charge < -0.3 is 5.32 Å². The van der Waals surface area contributed by atoms with Gasteiger partial charge in [0, 0.05) is 11.6 Å². The Kier molecular flexibility index (Phi) is 6.63. The molecule has 0 unspecified atom stereocenters. The van der Waals surface area contributed by atoms with Gasteiger partial charge in [0.15, 0.2) is 0 Å². The zero-order valence-corrected chi connectivity index (χ0v) is 17.6. The molecule has 4 aromatic rings. The van der Waals surface area contributed by atoms with E-state index in [1.165, 1.54) is 30.0 Å². The third-order valence-electron chi connectivity index (χ3n) is 5.05. The van der Waals surface area contributed by atoms with Gasteiger partial charge in [0.25, 0.3) is 0 Å². The Morgan fingerprint density at radius 2 is 1.25 bits per heavy atom. The minimum absolute atomic E-state index is 0.289. The Morgan fingerprint density at radius 1 is 0.656 bits per heavy atom. The Balaban J connectivity index is 1.65. The van der Waals surface area contributed by atoms with Crippen LogP contribution in [0.5, 0.6) is 0 Å². The van der Waals surface area contributed by atoms with Crippen molar-refractivity contribution in [1.82, 2.24) is 0 Å². The number of allylic oxidation sites excluding steroid dienone is 2. The highest BCUT2D eigenvalue weighted by molar-refractivity contribution is 5.72. The van der Waals surface area contributed by atoms with Crippen LogP contribution in [0.25, 0.3) is 34.6 Å². The molecule has 1 aromatic heterocycles. The molecule has 4 heteroatoms. The minimum Gasteiger partial charge on any atom is -0.316 e. The molecule has 0 amide bonds. The summed E-state index contributed by atoms with van der Waals surface area (Å²) >= 11 is 0. The first-order chi connectivity index (χ1) is 15.6. The van der Waals surface area contributed by atoms with Crippen molar-refractivity contribution in [1.29, 1.82) is 0 Å². The summed E-state index contributed by atoms with van der Waals surface area (Å²) in [5.74, 6) is 0.635. The summed E-state index contributed by atoms with van der Waals surface area (Å²) in [4.78, 5) is 0. The van der Waals surface area contributed by atoms with Crippen LogP contribution < -0.4 is 5.32 Å². The van der Waals surface area contributed by atoms with Gasteiger partial charge in [-0.05, 0) is 71.8 Å². The molecule has 2 N–H and O–H groups in total. The van der Waals surface area contributed by atoms with Crippen molar-refractivity contribution in [2.75, 3.05) is 7.05 Å². The van der Waals surface area contributed by atoms with Crippen molar-refractivity contribution in [3.05, 3.63) is 120 Å². The predicted molar refractivity (Wildman–Crippen MR) is 126 cm³/mol. The number of nitrogens with two attached hydrogens (primary N) is 1. The zero-order valence-electron chi connectivity index (χ0n) is 17.6. The highest BCUT2D eigenvalue weighted by Crippen LogP contribution is 2.29. The van der Waals surface area contributed by atoms with Gasteiger partial charge in [-0.2, -0.15) is 0 Å². The molecule has 0 aliphatic heterocycles. The first-order valence-electron chi connectivity index (χ1n) is 10.3. The largest absolute Gasteiger partial charge is 0.361 e.